The van der Waals surface area contributed by atoms with Gasteiger partial charge in [0.1, 0.15) is 0 Å². The molecule has 0 aromatic heterocycles. The summed E-state index contributed by atoms with van der Waals surface area (Å²) in [6, 6.07) is 22.2. The zero-order valence-electron chi connectivity index (χ0n) is 18.8. The van der Waals surface area contributed by atoms with E-state index in [0.29, 0.717) is 0 Å². The fourth-order valence-electron chi connectivity index (χ4n) is 4.03. The number of benzene rings is 4. The van der Waals surface area contributed by atoms with E-state index in [9.17, 15) is 0 Å². The summed E-state index contributed by atoms with van der Waals surface area (Å²) >= 11 is 0. The van der Waals surface area contributed by atoms with Gasteiger partial charge in [0.25, 0.3) is 0 Å². The Morgan fingerprint density at radius 2 is 0.929 bits per heavy atom. The molecular formula is C28H34. The SMILES string of the molecule is CC.CC.Cc1cccc(C)c1-c1ccc2c(C)c3ccccc3c(C)c2c1. The maximum Gasteiger partial charge on any atom is -0.0125 e. The van der Waals surface area contributed by atoms with Crippen LogP contribution >= 0.6 is 0 Å². The molecular weight excluding hydrogens is 336 g/mol. The Morgan fingerprint density at radius 3 is 1.46 bits per heavy atom. The first kappa shape index (κ1) is 21.7. The van der Waals surface area contributed by atoms with Gasteiger partial charge >= 0.3 is 0 Å². The van der Waals surface area contributed by atoms with E-state index >= 15 is 0 Å². The molecule has 0 N–H and O–H groups in total. The minimum Gasteiger partial charge on any atom is -0.0683 e. The Bertz CT molecular complexity index is 1060. The fraction of sp³-hybridized carbons (Fsp3) is 0.286. The molecule has 4 aromatic carbocycles. The van der Waals surface area contributed by atoms with E-state index in [0.717, 1.165) is 0 Å². The second kappa shape index (κ2) is 9.55. The van der Waals surface area contributed by atoms with Crippen LogP contribution in [-0.4, -0.2) is 0 Å². The molecule has 0 aliphatic heterocycles. The molecule has 0 bridgehead atoms. The van der Waals surface area contributed by atoms with Crippen LogP contribution < -0.4 is 0 Å². The van der Waals surface area contributed by atoms with E-state index in [2.05, 4.69) is 88.4 Å². The van der Waals surface area contributed by atoms with Crippen LogP contribution in [0.15, 0.2) is 60.7 Å². The van der Waals surface area contributed by atoms with E-state index in [1.54, 1.807) is 0 Å². The summed E-state index contributed by atoms with van der Waals surface area (Å²) in [6.45, 7) is 16.9. The molecule has 0 fully saturated rings. The second-order valence-corrected chi connectivity index (χ2v) is 6.82. The molecule has 0 saturated heterocycles. The van der Waals surface area contributed by atoms with Crippen molar-refractivity contribution in [3.63, 3.8) is 0 Å². The smallest absolute Gasteiger partial charge is 0.0125 e. The summed E-state index contributed by atoms with van der Waals surface area (Å²) in [4.78, 5) is 0. The van der Waals surface area contributed by atoms with E-state index in [-0.39, 0.29) is 0 Å². The Kier molecular flexibility index (Phi) is 7.40. The van der Waals surface area contributed by atoms with Crippen molar-refractivity contribution in [1.82, 2.24) is 0 Å². The number of aryl methyl sites for hydroxylation is 4. The number of hydrogen-bond acceptors (Lipinski definition) is 0. The maximum absolute atomic E-state index is 2.37. The van der Waals surface area contributed by atoms with Crippen LogP contribution in [0.2, 0.25) is 0 Å². The summed E-state index contributed by atoms with van der Waals surface area (Å²) in [7, 11) is 0. The lowest BCUT2D eigenvalue weighted by molar-refractivity contribution is 1.38. The lowest BCUT2D eigenvalue weighted by atomic mass is 9.89. The van der Waals surface area contributed by atoms with Gasteiger partial charge in [-0.15, -0.1) is 0 Å². The average molecular weight is 371 g/mol. The predicted octanol–water partition coefficient (Wildman–Crippen LogP) is 8.95. The highest BCUT2D eigenvalue weighted by Gasteiger charge is 2.11. The number of rotatable bonds is 1. The largest absolute Gasteiger partial charge is 0.0683 e. The van der Waals surface area contributed by atoms with Crippen molar-refractivity contribution in [2.24, 2.45) is 0 Å². The van der Waals surface area contributed by atoms with Crippen molar-refractivity contribution in [3.8, 4) is 11.1 Å². The van der Waals surface area contributed by atoms with Gasteiger partial charge in [0.15, 0.2) is 0 Å². The molecule has 4 aromatic rings. The molecule has 146 valence electrons. The van der Waals surface area contributed by atoms with E-state index < -0.39 is 0 Å². The van der Waals surface area contributed by atoms with Crippen molar-refractivity contribution >= 4 is 21.5 Å². The first-order valence-electron chi connectivity index (χ1n) is 10.6. The van der Waals surface area contributed by atoms with E-state index in [4.69, 9.17) is 0 Å². The molecule has 0 spiro atoms. The van der Waals surface area contributed by atoms with Crippen molar-refractivity contribution in [2.75, 3.05) is 0 Å². The van der Waals surface area contributed by atoms with Gasteiger partial charge in [0, 0.05) is 0 Å². The Balaban J connectivity index is 0.000000660. The van der Waals surface area contributed by atoms with Gasteiger partial charge in [-0.05, 0) is 88.7 Å². The van der Waals surface area contributed by atoms with Crippen LogP contribution in [0.4, 0.5) is 0 Å². The van der Waals surface area contributed by atoms with Crippen molar-refractivity contribution in [2.45, 2.75) is 55.4 Å². The quantitative estimate of drug-likeness (QED) is 0.293. The zero-order chi connectivity index (χ0) is 20.8. The number of hydrogen-bond donors (Lipinski definition) is 0. The minimum absolute atomic E-state index is 1.32. The fourth-order valence-corrected chi connectivity index (χ4v) is 4.03. The molecule has 0 unspecified atom stereocenters. The highest BCUT2D eigenvalue weighted by molar-refractivity contribution is 6.06. The first-order chi connectivity index (χ1) is 13.6. The van der Waals surface area contributed by atoms with Gasteiger partial charge in [0.05, 0.1) is 0 Å². The molecule has 28 heavy (non-hydrogen) atoms. The van der Waals surface area contributed by atoms with Crippen molar-refractivity contribution in [1.29, 1.82) is 0 Å². The van der Waals surface area contributed by atoms with E-state index in [1.807, 2.05) is 27.7 Å². The standard InChI is InChI=1S/C24H22.2C2H6/c1-15-8-7-9-16(2)24(15)19-12-13-22-17(3)20-10-5-6-11-21(20)18(4)23(22)14-19;2*1-2/h5-14H,1-4H3;2*1-2H3. The van der Waals surface area contributed by atoms with Gasteiger partial charge in [-0.25, -0.2) is 0 Å². The summed E-state index contributed by atoms with van der Waals surface area (Å²) in [5.41, 5.74) is 8.10. The van der Waals surface area contributed by atoms with Crippen LogP contribution in [-0.2, 0) is 0 Å². The third-order valence-electron chi connectivity index (χ3n) is 5.33. The summed E-state index contributed by atoms with van der Waals surface area (Å²) in [5.74, 6) is 0. The van der Waals surface area contributed by atoms with E-state index in [1.165, 1.54) is 54.9 Å². The van der Waals surface area contributed by atoms with Gasteiger partial charge < -0.3 is 0 Å². The van der Waals surface area contributed by atoms with Crippen LogP contribution in [0.1, 0.15) is 49.9 Å². The summed E-state index contributed by atoms with van der Waals surface area (Å²) in [5, 5.41) is 5.45. The first-order valence-corrected chi connectivity index (χ1v) is 10.6. The van der Waals surface area contributed by atoms with Gasteiger partial charge in [-0.3, -0.25) is 0 Å². The minimum atomic E-state index is 1.32. The molecule has 0 amide bonds. The Hall–Kier alpha value is -2.60. The molecule has 0 radical (unpaired) electrons. The van der Waals surface area contributed by atoms with Crippen molar-refractivity contribution < 1.29 is 0 Å². The van der Waals surface area contributed by atoms with Crippen LogP contribution in [0.25, 0.3) is 32.7 Å². The van der Waals surface area contributed by atoms with Gasteiger partial charge in [-0.1, -0.05) is 82.3 Å². The number of fused-ring (bicyclic) bond motifs is 2. The summed E-state index contributed by atoms with van der Waals surface area (Å²) in [6.07, 6.45) is 0. The zero-order valence-corrected chi connectivity index (χ0v) is 18.8. The molecule has 0 heteroatoms. The monoisotopic (exact) mass is 370 g/mol. The molecule has 0 saturated carbocycles. The highest BCUT2D eigenvalue weighted by atomic mass is 14.2. The molecule has 0 nitrogen and oxygen atoms in total. The van der Waals surface area contributed by atoms with Crippen LogP contribution in [0, 0.1) is 27.7 Å². The third kappa shape index (κ3) is 3.83. The van der Waals surface area contributed by atoms with Gasteiger partial charge in [0.2, 0.25) is 0 Å². The Labute approximate surface area is 171 Å². The summed E-state index contributed by atoms with van der Waals surface area (Å²) < 4.78 is 0. The highest BCUT2D eigenvalue weighted by Crippen LogP contribution is 2.36. The van der Waals surface area contributed by atoms with Crippen LogP contribution in [0.3, 0.4) is 0 Å². The van der Waals surface area contributed by atoms with Crippen LogP contribution in [0.5, 0.6) is 0 Å². The lowest BCUT2D eigenvalue weighted by Crippen LogP contribution is -1.91. The van der Waals surface area contributed by atoms with Crippen molar-refractivity contribution in [3.05, 3.63) is 82.9 Å². The lowest BCUT2D eigenvalue weighted by Gasteiger charge is -2.15. The maximum atomic E-state index is 2.37. The molecule has 0 aliphatic carbocycles. The molecule has 0 atom stereocenters. The molecule has 0 aliphatic rings. The predicted molar refractivity (Wildman–Crippen MR) is 129 cm³/mol. The third-order valence-corrected chi connectivity index (χ3v) is 5.33. The molecule has 0 heterocycles. The second-order valence-electron chi connectivity index (χ2n) is 6.82. The van der Waals surface area contributed by atoms with Gasteiger partial charge in [-0.2, -0.15) is 0 Å². The topological polar surface area (TPSA) is 0 Å². The average Bonchev–Trinajstić information content (AvgIpc) is 2.75. The molecule has 4 rings (SSSR count). The Morgan fingerprint density at radius 1 is 0.464 bits per heavy atom. The normalized spacial score (nSPS) is 10.1.